The van der Waals surface area contributed by atoms with Gasteiger partial charge in [0.05, 0.1) is 6.54 Å². The molecule has 0 saturated carbocycles. The minimum atomic E-state index is 0.792. The lowest BCUT2D eigenvalue weighted by atomic mass is 10.00. The van der Waals surface area contributed by atoms with Crippen molar-refractivity contribution in [1.82, 2.24) is 14.8 Å². The third kappa shape index (κ3) is 2.42. The van der Waals surface area contributed by atoms with Crippen LogP contribution in [-0.2, 0) is 6.54 Å². The Bertz CT molecular complexity index is 494. The molecule has 2 rings (SSSR count). The lowest BCUT2D eigenvalue weighted by Crippen LogP contribution is -2.04. The molecule has 0 unspecified atom stereocenters. The molecule has 1 aromatic carbocycles. The summed E-state index contributed by atoms with van der Waals surface area (Å²) >= 11 is 2.12. The number of benzene rings is 1. The van der Waals surface area contributed by atoms with Crippen LogP contribution in [0.4, 0.5) is 0 Å². The first kappa shape index (κ1) is 11.6. The monoisotopic (exact) mass is 327 g/mol. The molecule has 3 nitrogen and oxygen atoms in total. The second-order valence-electron chi connectivity index (χ2n) is 4.09. The van der Waals surface area contributed by atoms with Crippen LogP contribution in [0.15, 0.2) is 18.5 Å². The van der Waals surface area contributed by atoms with E-state index in [-0.39, 0.29) is 0 Å². The van der Waals surface area contributed by atoms with E-state index in [1.54, 1.807) is 6.33 Å². The largest absolute Gasteiger partial charge is 0.247 e. The van der Waals surface area contributed by atoms with Gasteiger partial charge in [-0.1, -0.05) is 17.7 Å². The van der Waals surface area contributed by atoms with E-state index in [0.29, 0.717) is 0 Å². The fourth-order valence-electron chi connectivity index (χ4n) is 1.97. The summed E-state index contributed by atoms with van der Waals surface area (Å²) in [7, 11) is 0. The number of aromatic nitrogens is 3. The van der Waals surface area contributed by atoms with E-state index in [1.807, 2.05) is 4.68 Å². The highest BCUT2D eigenvalue weighted by molar-refractivity contribution is 14.1. The van der Waals surface area contributed by atoms with Gasteiger partial charge in [0.25, 0.3) is 0 Å². The summed E-state index contributed by atoms with van der Waals surface area (Å²) in [5, 5.41) is 4.30. The van der Waals surface area contributed by atoms with Crippen molar-refractivity contribution in [3.8, 4) is 0 Å². The summed E-state index contributed by atoms with van der Waals surface area (Å²) in [6.07, 6.45) is 1.78. The standard InChI is InChI=1S/C12H14IN3/c1-8-4-9(2)11(10(3)5-8)6-16-7-14-12(13)15-16/h4-5,7H,6H2,1-3H3. The van der Waals surface area contributed by atoms with Crippen LogP contribution in [-0.4, -0.2) is 14.8 Å². The Labute approximate surface area is 109 Å². The Kier molecular flexibility index (Phi) is 3.28. The predicted octanol–water partition coefficient (Wildman–Crippen LogP) is 2.86. The van der Waals surface area contributed by atoms with Crippen molar-refractivity contribution in [3.63, 3.8) is 0 Å². The summed E-state index contributed by atoms with van der Waals surface area (Å²) in [4.78, 5) is 4.13. The van der Waals surface area contributed by atoms with Gasteiger partial charge in [0.15, 0.2) is 0 Å². The topological polar surface area (TPSA) is 30.7 Å². The molecule has 0 spiro atoms. The van der Waals surface area contributed by atoms with E-state index < -0.39 is 0 Å². The fourth-order valence-corrected chi connectivity index (χ4v) is 2.37. The van der Waals surface area contributed by atoms with E-state index in [1.165, 1.54) is 22.3 Å². The number of rotatable bonds is 2. The molecule has 0 fully saturated rings. The van der Waals surface area contributed by atoms with Crippen LogP contribution in [0.2, 0.25) is 0 Å². The molecule has 16 heavy (non-hydrogen) atoms. The van der Waals surface area contributed by atoms with E-state index in [0.717, 1.165) is 10.4 Å². The molecule has 0 aliphatic carbocycles. The first-order valence-electron chi connectivity index (χ1n) is 5.18. The van der Waals surface area contributed by atoms with Crippen LogP contribution in [0.5, 0.6) is 0 Å². The first-order valence-corrected chi connectivity index (χ1v) is 6.26. The molecule has 1 aromatic heterocycles. The van der Waals surface area contributed by atoms with Gasteiger partial charge in [-0.15, -0.1) is 5.10 Å². The van der Waals surface area contributed by atoms with Gasteiger partial charge in [0.1, 0.15) is 6.33 Å². The quantitative estimate of drug-likeness (QED) is 0.794. The van der Waals surface area contributed by atoms with Crippen molar-refractivity contribution in [3.05, 3.63) is 44.5 Å². The summed E-state index contributed by atoms with van der Waals surface area (Å²) < 4.78 is 2.67. The highest BCUT2D eigenvalue weighted by Crippen LogP contribution is 2.17. The molecule has 1 heterocycles. The highest BCUT2D eigenvalue weighted by Gasteiger charge is 2.05. The Morgan fingerprint density at radius 2 is 1.81 bits per heavy atom. The molecule has 0 N–H and O–H groups in total. The molecule has 4 heteroatoms. The number of hydrogen-bond acceptors (Lipinski definition) is 2. The molecular weight excluding hydrogens is 313 g/mol. The second-order valence-corrected chi connectivity index (χ2v) is 5.05. The van der Waals surface area contributed by atoms with E-state index in [9.17, 15) is 0 Å². The van der Waals surface area contributed by atoms with Crippen LogP contribution in [0, 0.1) is 24.6 Å². The van der Waals surface area contributed by atoms with Gasteiger partial charge in [-0.2, -0.15) is 0 Å². The Hall–Kier alpha value is -0.910. The Morgan fingerprint density at radius 3 is 2.31 bits per heavy atom. The minimum Gasteiger partial charge on any atom is -0.247 e. The van der Waals surface area contributed by atoms with Gasteiger partial charge in [0, 0.05) is 22.6 Å². The zero-order valence-corrected chi connectivity index (χ0v) is 11.8. The smallest absolute Gasteiger partial charge is 0.211 e. The van der Waals surface area contributed by atoms with Gasteiger partial charge in [-0.3, -0.25) is 0 Å². The van der Waals surface area contributed by atoms with Gasteiger partial charge < -0.3 is 0 Å². The molecule has 0 aliphatic rings. The van der Waals surface area contributed by atoms with Crippen LogP contribution < -0.4 is 0 Å². The van der Waals surface area contributed by atoms with Crippen molar-refractivity contribution in [1.29, 1.82) is 0 Å². The van der Waals surface area contributed by atoms with Crippen LogP contribution in [0.1, 0.15) is 22.3 Å². The molecule has 0 atom stereocenters. The van der Waals surface area contributed by atoms with Crippen LogP contribution >= 0.6 is 22.6 Å². The van der Waals surface area contributed by atoms with Crippen molar-refractivity contribution >= 4 is 22.6 Å². The lowest BCUT2D eigenvalue weighted by molar-refractivity contribution is 0.674. The molecule has 84 valence electrons. The van der Waals surface area contributed by atoms with E-state index >= 15 is 0 Å². The first-order chi connectivity index (χ1) is 7.56. The van der Waals surface area contributed by atoms with E-state index in [2.05, 4.69) is 65.6 Å². The maximum absolute atomic E-state index is 4.30. The summed E-state index contributed by atoms with van der Waals surface area (Å²) in [5.74, 6) is 0. The molecule has 0 amide bonds. The molecule has 0 radical (unpaired) electrons. The second kappa shape index (κ2) is 4.53. The third-order valence-corrected chi connectivity index (χ3v) is 3.16. The van der Waals surface area contributed by atoms with Crippen LogP contribution in [0.3, 0.4) is 0 Å². The van der Waals surface area contributed by atoms with Crippen LogP contribution in [0.25, 0.3) is 0 Å². The molecular formula is C12H14IN3. The third-order valence-electron chi connectivity index (χ3n) is 2.67. The fraction of sp³-hybridized carbons (Fsp3) is 0.333. The van der Waals surface area contributed by atoms with Gasteiger partial charge >= 0.3 is 0 Å². The zero-order chi connectivity index (χ0) is 11.7. The predicted molar refractivity (Wildman–Crippen MR) is 72.5 cm³/mol. The van der Waals surface area contributed by atoms with Gasteiger partial charge in [-0.05, 0) is 37.5 Å². The molecule has 2 aromatic rings. The Balaban J connectivity index is 2.34. The minimum absolute atomic E-state index is 0.792. The zero-order valence-electron chi connectivity index (χ0n) is 9.66. The van der Waals surface area contributed by atoms with Crippen molar-refractivity contribution < 1.29 is 0 Å². The maximum Gasteiger partial charge on any atom is 0.211 e. The average molecular weight is 327 g/mol. The average Bonchev–Trinajstić information content (AvgIpc) is 2.58. The molecule has 0 aliphatic heterocycles. The highest BCUT2D eigenvalue weighted by atomic mass is 127. The molecule has 0 saturated heterocycles. The Morgan fingerprint density at radius 1 is 1.19 bits per heavy atom. The SMILES string of the molecule is Cc1cc(C)c(Cn2cnc(I)n2)c(C)c1. The van der Waals surface area contributed by atoms with Gasteiger partial charge in [-0.25, -0.2) is 9.67 Å². The number of nitrogens with zero attached hydrogens (tertiary/aromatic N) is 3. The molecule has 0 bridgehead atoms. The van der Waals surface area contributed by atoms with Gasteiger partial charge in [0.2, 0.25) is 3.83 Å². The van der Waals surface area contributed by atoms with E-state index in [4.69, 9.17) is 0 Å². The number of halogens is 1. The van der Waals surface area contributed by atoms with Crippen molar-refractivity contribution in [2.75, 3.05) is 0 Å². The normalized spacial score (nSPS) is 10.8. The van der Waals surface area contributed by atoms with Crippen molar-refractivity contribution in [2.24, 2.45) is 0 Å². The summed E-state index contributed by atoms with van der Waals surface area (Å²) in [5.41, 5.74) is 5.30. The summed E-state index contributed by atoms with van der Waals surface area (Å²) in [6, 6.07) is 4.43. The number of aryl methyl sites for hydroxylation is 3. The number of hydrogen-bond donors (Lipinski definition) is 0. The summed E-state index contributed by atoms with van der Waals surface area (Å²) in [6.45, 7) is 7.23. The van der Waals surface area contributed by atoms with Crippen molar-refractivity contribution in [2.45, 2.75) is 27.3 Å². The lowest BCUT2D eigenvalue weighted by Gasteiger charge is -2.10. The maximum atomic E-state index is 4.30.